The average molecular weight is 446 g/mol. The largest absolute Gasteiger partial charge is 0.462 e. The summed E-state index contributed by atoms with van der Waals surface area (Å²) in [6.07, 6.45) is 2.15. The van der Waals surface area contributed by atoms with Crippen LogP contribution in [0.4, 0.5) is 5.82 Å². The molecule has 0 aliphatic heterocycles. The van der Waals surface area contributed by atoms with E-state index in [1.807, 2.05) is 30.3 Å². The molecule has 0 unspecified atom stereocenters. The fourth-order valence-electron chi connectivity index (χ4n) is 3.86. The van der Waals surface area contributed by atoms with E-state index in [0.29, 0.717) is 17.2 Å². The van der Waals surface area contributed by atoms with E-state index in [1.165, 1.54) is 0 Å². The number of benzene rings is 1. The number of carbonyl (C=O) groups excluding carboxylic acids is 2. The molecule has 3 heterocycles. The van der Waals surface area contributed by atoms with Gasteiger partial charge in [-0.05, 0) is 38.8 Å². The second-order valence-electron chi connectivity index (χ2n) is 7.92. The number of carbonyl (C=O) groups is 2. The van der Waals surface area contributed by atoms with Crippen molar-refractivity contribution >= 4 is 39.8 Å². The first kappa shape index (κ1) is 20.9. The molecule has 0 spiro atoms. The van der Waals surface area contributed by atoms with Crippen molar-refractivity contribution < 1.29 is 23.5 Å². The Morgan fingerprint density at radius 2 is 1.91 bits per heavy atom. The van der Waals surface area contributed by atoms with E-state index in [2.05, 4.69) is 15.0 Å². The Bertz CT molecular complexity index is 1410. The second-order valence-corrected chi connectivity index (χ2v) is 7.92. The van der Waals surface area contributed by atoms with Crippen LogP contribution in [0.2, 0.25) is 0 Å². The smallest absolute Gasteiger partial charge is 0.342 e. The van der Waals surface area contributed by atoms with Crippen molar-refractivity contribution in [3.63, 3.8) is 0 Å². The minimum atomic E-state index is -0.556. The van der Waals surface area contributed by atoms with Crippen LogP contribution < -0.4 is 5.73 Å². The highest BCUT2D eigenvalue weighted by molar-refractivity contribution is 6.07. The van der Waals surface area contributed by atoms with Gasteiger partial charge in [0, 0.05) is 17.0 Å². The first-order valence-electron chi connectivity index (χ1n) is 10.8. The van der Waals surface area contributed by atoms with Crippen LogP contribution in [0, 0.1) is 6.92 Å². The van der Waals surface area contributed by atoms with Gasteiger partial charge in [0.2, 0.25) is 5.71 Å². The summed E-state index contributed by atoms with van der Waals surface area (Å²) in [5.74, 6) is -0.119. The number of nitrogens with zero attached hydrogens (tertiary/aromatic N) is 3. The Morgan fingerprint density at radius 1 is 1.12 bits per heavy atom. The van der Waals surface area contributed by atoms with Crippen molar-refractivity contribution in [2.24, 2.45) is 0 Å². The van der Waals surface area contributed by atoms with Gasteiger partial charge in [0.05, 0.1) is 23.1 Å². The fraction of sp³-hybridized carbons (Fsp3) is 0.292. The Kier molecular flexibility index (Phi) is 5.16. The lowest BCUT2D eigenvalue weighted by molar-refractivity contribution is 0.0463. The number of para-hydroxylation sites is 1. The van der Waals surface area contributed by atoms with Crippen LogP contribution in [0.15, 0.2) is 34.7 Å². The number of ether oxygens (including phenoxy) is 2. The second kappa shape index (κ2) is 8.16. The number of aryl methyl sites for hydroxylation is 1. The molecule has 168 valence electrons. The summed E-state index contributed by atoms with van der Waals surface area (Å²) < 4.78 is 16.2. The summed E-state index contributed by atoms with van der Waals surface area (Å²) >= 11 is 0. The number of nitrogen functional groups attached to an aromatic ring is 1. The van der Waals surface area contributed by atoms with Crippen LogP contribution in [-0.4, -0.2) is 33.5 Å². The number of hydrogen-bond donors (Lipinski definition) is 1. The molecule has 1 aliphatic carbocycles. The van der Waals surface area contributed by atoms with E-state index in [-0.39, 0.29) is 41.5 Å². The van der Waals surface area contributed by atoms with Crippen LogP contribution in [0.3, 0.4) is 0 Å². The number of fused-ring (bicyclic) bond motifs is 2. The monoisotopic (exact) mass is 446 g/mol. The zero-order valence-corrected chi connectivity index (χ0v) is 18.3. The highest BCUT2D eigenvalue weighted by Crippen LogP contribution is 2.40. The van der Waals surface area contributed by atoms with E-state index < -0.39 is 11.9 Å². The Morgan fingerprint density at radius 3 is 2.67 bits per heavy atom. The SMILES string of the molecule is CCOC(=O)c1c(C)oc2nc(COC(=O)c3cc(C4CC4)nc4ccccc34)nc(N)c12. The molecule has 3 aromatic heterocycles. The van der Waals surface area contributed by atoms with E-state index in [1.54, 1.807) is 13.8 Å². The summed E-state index contributed by atoms with van der Waals surface area (Å²) in [7, 11) is 0. The molecule has 9 nitrogen and oxygen atoms in total. The van der Waals surface area contributed by atoms with Gasteiger partial charge in [-0.25, -0.2) is 14.6 Å². The number of esters is 2. The predicted molar refractivity (Wildman–Crippen MR) is 120 cm³/mol. The number of anilines is 1. The first-order chi connectivity index (χ1) is 16.0. The van der Waals surface area contributed by atoms with Gasteiger partial charge in [-0.2, -0.15) is 4.98 Å². The maximum atomic E-state index is 13.0. The zero-order valence-electron chi connectivity index (χ0n) is 18.3. The van der Waals surface area contributed by atoms with Crippen molar-refractivity contribution in [1.82, 2.24) is 15.0 Å². The van der Waals surface area contributed by atoms with Crippen molar-refractivity contribution in [2.75, 3.05) is 12.3 Å². The minimum absolute atomic E-state index is 0.0522. The van der Waals surface area contributed by atoms with Gasteiger partial charge in [0.15, 0.2) is 12.4 Å². The molecule has 1 aromatic carbocycles. The molecule has 0 saturated heterocycles. The van der Waals surface area contributed by atoms with Gasteiger partial charge in [-0.15, -0.1) is 0 Å². The molecule has 1 aliphatic rings. The van der Waals surface area contributed by atoms with E-state index >= 15 is 0 Å². The maximum absolute atomic E-state index is 13.0. The van der Waals surface area contributed by atoms with Crippen molar-refractivity contribution in [2.45, 2.75) is 39.2 Å². The molecular formula is C24H22N4O5. The number of hydrogen-bond acceptors (Lipinski definition) is 9. The average Bonchev–Trinajstić information content (AvgIpc) is 3.59. The van der Waals surface area contributed by atoms with Gasteiger partial charge in [-0.3, -0.25) is 4.98 Å². The summed E-state index contributed by atoms with van der Waals surface area (Å²) in [5, 5.41) is 1.01. The summed E-state index contributed by atoms with van der Waals surface area (Å²) in [6, 6.07) is 9.29. The molecule has 5 rings (SSSR count). The van der Waals surface area contributed by atoms with Crippen LogP contribution in [0.1, 0.15) is 63.7 Å². The third-order valence-electron chi connectivity index (χ3n) is 5.57. The molecule has 4 aromatic rings. The zero-order chi connectivity index (χ0) is 23.1. The topological polar surface area (TPSA) is 130 Å². The number of aromatic nitrogens is 3. The van der Waals surface area contributed by atoms with Crippen molar-refractivity contribution in [1.29, 1.82) is 0 Å². The number of rotatable bonds is 6. The third-order valence-corrected chi connectivity index (χ3v) is 5.57. The van der Waals surface area contributed by atoms with Gasteiger partial charge in [-0.1, -0.05) is 18.2 Å². The Hall–Kier alpha value is -4.01. The third kappa shape index (κ3) is 3.86. The Balaban J connectivity index is 1.42. The van der Waals surface area contributed by atoms with Gasteiger partial charge >= 0.3 is 11.9 Å². The molecule has 1 saturated carbocycles. The molecule has 2 N–H and O–H groups in total. The van der Waals surface area contributed by atoms with Crippen molar-refractivity contribution in [3.05, 3.63) is 58.7 Å². The first-order valence-corrected chi connectivity index (χ1v) is 10.8. The molecule has 33 heavy (non-hydrogen) atoms. The van der Waals surface area contributed by atoms with Crippen LogP contribution in [0.25, 0.3) is 22.0 Å². The molecule has 0 bridgehead atoms. The van der Waals surface area contributed by atoms with Crippen LogP contribution in [0.5, 0.6) is 0 Å². The van der Waals surface area contributed by atoms with Crippen LogP contribution >= 0.6 is 0 Å². The minimum Gasteiger partial charge on any atom is -0.462 e. The molecule has 0 amide bonds. The summed E-state index contributed by atoms with van der Waals surface area (Å²) in [6.45, 7) is 3.34. The Labute approximate surface area is 188 Å². The van der Waals surface area contributed by atoms with E-state index in [0.717, 1.165) is 29.4 Å². The molecule has 0 radical (unpaired) electrons. The standard InChI is InChI=1S/C24H22N4O5/c1-3-31-24(30)19-12(2)33-22-20(19)21(25)27-18(28-22)11-32-23(29)15-10-17(13-8-9-13)26-16-7-5-4-6-14(15)16/h4-7,10,13H,3,8-9,11H2,1-2H3,(H2,25,27,28). The quantitative estimate of drug-likeness (QED) is 0.435. The lowest BCUT2D eigenvalue weighted by Crippen LogP contribution is -2.11. The van der Waals surface area contributed by atoms with E-state index in [4.69, 9.17) is 19.6 Å². The molecule has 9 heteroatoms. The number of pyridine rings is 1. The molecule has 0 atom stereocenters. The maximum Gasteiger partial charge on any atom is 0.342 e. The molecular weight excluding hydrogens is 424 g/mol. The van der Waals surface area contributed by atoms with E-state index in [9.17, 15) is 9.59 Å². The normalized spacial score (nSPS) is 13.4. The number of nitrogens with two attached hydrogens (primary N) is 1. The lowest BCUT2D eigenvalue weighted by Gasteiger charge is -2.09. The summed E-state index contributed by atoms with van der Waals surface area (Å²) in [4.78, 5) is 38.4. The number of furan rings is 1. The molecule has 1 fully saturated rings. The van der Waals surface area contributed by atoms with Gasteiger partial charge in [0.1, 0.15) is 17.1 Å². The van der Waals surface area contributed by atoms with Gasteiger partial charge < -0.3 is 19.6 Å². The lowest BCUT2D eigenvalue weighted by atomic mass is 10.1. The highest BCUT2D eigenvalue weighted by Gasteiger charge is 2.28. The fourth-order valence-corrected chi connectivity index (χ4v) is 3.86. The van der Waals surface area contributed by atoms with Gasteiger partial charge in [0.25, 0.3) is 0 Å². The highest BCUT2D eigenvalue weighted by atomic mass is 16.5. The summed E-state index contributed by atoms with van der Waals surface area (Å²) in [5.41, 5.74) is 8.54. The van der Waals surface area contributed by atoms with Crippen LogP contribution in [-0.2, 0) is 16.1 Å². The predicted octanol–water partition coefficient (Wildman–Crippen LogP) is 4.07. The van der Waals surface area contributed by atoms with Crippen molar-refractivity contribution in [3.8, 4) is 0 Å².